The Morgan fingerprint density at radius 3 is 2.59 bits per heavy atom. The van der Waals surface area contributed by atoms with Gasteiger partial charge in [-0.1, -0.05) is 24.3 Å². The van der Waals surface area contributed by atoms with Crippen LogP contribution in [0, 0.1) is 3.57 Å². The first-order chi connectivity index (χ1) is 10.6. The fraction of sp³-hybridized carbons (Fsp3) is 0.125. The first kappa shape index (κ1) is 14.8. The summed E-state index contributed by atoms with van der Waals surface area (Å²) in [5.41, 5.74) is 13.4. The first-order valence-electron chi connectivity index (χ1n) is 6.79. The summed E-state index contributed by atoms with van der Waals surface area (Å²) >= 11 is 2.30. The Kier molecular flexibility index (Phi) is 4.02. The highest BCUT2D eigenvalue weighted by Gasteiger charge is 2.15. The van der Waals surface area contributed by atoms with Crippen LogP contribution in [0.25, 0.3) is 10.9 Å². The standard InChI is InChI=1S/C16H15IN4O/c1-9(10-5-2-3-6-11(10)17)22-13-8-4-7-12-14(13)15(18)21-16(19)20-12/h2-9H,1H3,(H4,18,19,20,21)/t9-/m0/s1. The minimum Gasteiger partial charge on any atom is -0.485 e. The molecule has 1 aromatic heterocycles. The number of nitrogens with two attached hydrogens (primary N) is 2. The third-order valence-corrected chi connectivity index (χ3v) is 4.36. The Balaban J connectivity index is 2.03. The average molecular weight is 406 g/mol. The summed E-state index contributed by atoms with van der Waals surface area (Å²) in [4.78, 5) is 8.22. The number of hydrogen-bond donors (Lipinski definition) is 2. The Morgan fingerprint density at radius 1 is 1.05 bits per heavy atom. The molecule has 0 spiro atoms. The number of fused-ring (bicyclic) bond motifs is 1. The monoisotopic (exact) mass is 406 g/mol. The molecule has 5 nitrogen and oxygen atoms in total. The summed E-state index contributed by atoms with van der Waals surface area (Å²) in [5, 5.41) is 0.689. The molecule has 4 N–H and O–H groups in total. The van der Waals surface area contributed by atoms with Gasteiger partial charge in [-0.3, -0.25) is 0 Å². The zero-order chi connectivity index (χ0) is 15.7. The molecular weight excluding hydrogens is 391 g/mol. The van der Waals surface area contributed by atoms with Gasteiger partial charge in [-0.25, -0.2) is 4.98 Å². The molecule has 0 bridgehead atoms. The Labute approximate surface area is 141 Å². The molecular formula is C16H15IN4O. The normalized spacial score (nSPS) is 12.3. The Morgan fingerprint density at radius 2 is 1.82 bits per heavy atom. The van der Waals surface area contributed by atoms with E-state index >= 15 is 0 Å². The SMILES string of the molecule is C[C@H](Oc1cccc2nc(N)nc(N)c12)c1ccccc1I. The van der Waals surface area contributed by atoms with E-state index in [4.69, 9.17) is 16.2 Å². The molecule has 0 fully saturated rings. The van der Waals surface area contributed by atoms with Crippen LogP contribution in [0.2, 0.25) is 0 Å². The van der Waals surface area contributed by atoms with Crippen molar-refractivity contribution in [2.45, 2.75) is 13.0 Å². The molecule has 112 valence electrons. The Hall–Kier alpha value is -2.09. The molecule has 0 aliphatic rings. The molecule has 0 aliphatic carbocycles. The number of hydrogen-bond acceptors (Lipinski definition) is 5. The van der Waals surface area contributed by atoms with E-state index in [2.05, 4.69) is 44.7 Å². The minimum absolute atomic E-state index is 0.115. The van der Waals surface area contributed by atoms with Gasteiger partial charge < -0.3 is 16.2 Å². The number of halogens is 1. The van der Waals surface area contributed by atoms with Gasteiger partial charge in [0.1, 0.15) is 17.7 Å². The largest absolute Gasteiger partial charge is 0.485 e. The highest BCUT2D eigenvalue weighted by atomic mass is 127. The molecule has 0 radical (unpaired) electrons. The molecule has 6 heteroatoms. The summed E-state index contributed by atoms with van der Waals surface area (Å²) in [6, 6.07) is 13.7. The smallest absolute Gasteiger partial charge is 0.222 e. The van der Waals surface area contributed by atoms with E-state index in [1.807, 2.05) is 37.3 Å². The van der Waals surface area contributed by atoms with E-state index in [0.717, 1.165) is 9.13 Å². The second-order valence-electron chi connectivity index (χ2n) is 4.90. The summed E-state index contributed by atoms with van der Waals surface area (Å²) in [7, 11) is 0. The first-order valence-corrected chi connectivity index (χ1v) is 7.87. The lowest BCUT2D eigenvalue weighted by molar-refractivity contribution is 0.229. The maximum Gasteiger partial charge on any atom is 0.222 e. The van der Waals surface area contributed by atoms with Gasteiger partial charge in [0.25, 0.3) is 0 Å². The third kappa shape index (κ3) is 2.78. The highest BCUT2D eigenvalue weighted by molar-refractivity contribution is 14.1. The van der Waals surface area contributed by atoms with Crippen LogP contribution >= 0.6 is 22.6 Å². The Bertz CT molecular complexity index is 837. The quantitative estimate of drug-likeness (QED) is 0.650. The van der Waals surface area contributed by atoms with Gasteiger partial charge in [-0.15, -0.1) is 0 Å². The van der Waals surface area contributed by atoms with Gasteiger partial charge in [-0.2, -0.15) is 4.98 Å². The topological polar surface area (TPSA) is 87.0 Å². The van der Waals surface area contributed by atoms with Crippen LogP contribution in [0.5, 0.6) is 5.75 Å². The van der Waals surface area contributed by atoms with E-state index < -0.39 is 0 Å². The third-order valence-electron chi connectivity index (χ3n) is 3.38. The molecule has 0 aliphatic heterocycles. The second kappa shape index (κ2) is 5.96. The number of ether oxygens (including phenoxy) is 1. The van der Waals surface area contributed by atoms with Crippen molar-refractivity contribution in [3.05, 3.63) is 51.6 Å². The molecule has 2 aromatic carbocycles. The molecule has 0 saturated carbocycles. The number of aromatic nitrogens is 2. The minimum atomic E-state index is -0.115. The van der Waals surface area contributed by atoms with Gasteiger partial charge in [0, 0.05) is 9.13 Å². The van der Waals surface area contributed by atoms with E-state index in [0.29, 0.717) is 22.5 Å². The van der Waals surface area contributed by atoms with Crippen LogP contribution in [0.15, 0.2) is 42.5 Å². The maximum atomic E-state index is 6.11. The van der Waals surface area contributed by atoms with Gasteiger partial charge in [0.05, 0.1) is 10.9 Å². The van der Waals surface area contributed by atoms with Crippen molar-refractivity contribution in [1.82, 2.24) is 9.97 Å². The van der Waals surface area contributed by atoms with Crippen molar-refractivity contribution in [2.75, 3.05) is 11.5 Å². The lowest BCUT2D eigenvalue weighted by atomic mass is 10.1. The highest BCUT2D eigenvalue weighted by Crippen LogP contribution is 2.33. The van der Waals surface area contributed by atoms with E-state index in [1.54, 1.807) is 0 Å². The zero-order valence-electron chi connectivity index (χ0n) is 12.0. The number of rotatable bonds is 3. The van der Waals surface area contributed by atoms with Gasteiger partial charge >= 0.3 is 0 Å². The summed E-state index contributed by atoms with van der Waals surface area (Å²) in [6.45, 7) is 2.00. The zero-order valence-corrected chi connectivity index (χ0v) is 14.1. The van der Waals surface area contributed by atoms with Crippen LogP contribution in [-0.2, 0) is 0 Å². The van der Waals surface area contributed by atoms with Gasteiger partial charge in [0.15, 0.2) is 0 Å². The van der Waals surface area contributed by atoms with Crippen LogP contribution in [0.3, 0.4) is 0 Å². The van der Waals surface area contributed by atoms with Crippen molar-refractivity contribution in [3.8, 4) is 5.75 Å². The molecule has 0 unspecified atom stereocenters. The maximum absolute atomic E-state index is 6.11. The van der Waals surface area contributed by atoms with Crippen molar-refractivity contribution in [3.63, 3.8) is 0 Å². The lowest BCUT2D eigenvalue weighted by Crippen LogP contribution is -2.07. The van der Waals surface area contributed by atoms with Crippen LogP contribution in [0.4, 0.5) is 11.8 Å². The fourth-order valence-corrected chi connectivity index (χ4v) is 3.18. The predicted octanol–water partition coefficient (Wildman–Crippen LogP) is 3.54. The number of anilines is 2. The van der Waals surface area contributed by atoms with E-state index in [1.165, 1.54) is 0 Å². The van der Waals surface area contributed by atoms with E-state index in [9.17, 15) is 0 Å². The summed E-state index contributed by atoms with van der Waals surface area (Å²) in [5.74, 6) is 1.14. The van der Waals surface area contributed by atoms with Crippen LogP contribution in [-0.4, -0.2) is 9.97 Å². The summed E-state index contributed by atoms with van der Waals surface area (Å²) in [6.07, 6.45) is -0.115. The number of nitrogen functional groups attached to an aromatic ring is 2. The molecule has 0 amide bonds. The molecule has 3 aromatic rings. The van der Waals surface area contributed by atoms with Gasteiger partial charge in [-0.05, 0) is 47.7 Å². The number of benzene rings is 2. The van der Waals surface area contributed by atoms with E-state index in [-0.39, 0.29) is 12.1 Å². The molecule has 22 heavy (non-hydrogen) atoms. The molecule has 0 saturated heterocycles. The van der Waals surface area contributed by atoms with Crippen LogP contribution < -0.4 is 16.2 Å². The predicted molar refractivity (Wildman–Crippen MR) is 96.6 cm³/mol. The van der Waals surface area contributed by atoms with Gasteiger partial charge in [0.2, 0.25) is 5.95 Å². The van der Waals surface area contributed by atoms with Crippen molar-refractivity contribution in [2.24, 2.45) is 0 Å². The van der Waals surface area contributed by atoms with Crippen molar-refractivity contribution < 1.29 is 4.74 Å². The fourth-order valence-electron chi connectivity index (χ4n) is 2.35. The van der Waals surface area contributed by atoms with Crippen LogP contribution in [0.1, 0.15) is 18.6 Å². The molecule has 1 atom stereocenters. The average Bonchev–Trinajstić information content (AvgIpc) is 2.47. The molecule has 1 heterocycles. The molecule has 3 rings (SSSR count). The number of nitrogens with zero attached hydrogens (tertiary/aromatic N) is 2. The lowest BCUT2D eigenvalue weighted by Gasteiger charge is -2.18. The van der Waals surface area contributed by atoms with Crippen molar-refractivity contribution >= 4 is 45.3 Å². The second-order valence-corrected chi connectivity index (χ2v) is 6.06. The summed E-state index contributed by atoms with van der Waals surface area (Å²) < 4.78 is 7.26. The van der Waals surface area contributed by atoms with Crippen molar-refractivity contribution in [1.29, 1.82) is 0 Å².